The van der Waals surface area contributed by atoms with Crippen molar-refractivity contribution in [3.8, 4) is 0 Å². The van der Waals surface area contributed by atoms with E-state index in [-0.39, 0.29) is 17.7 Å². The van der Waals surface area contributed by atoms with Crippen LogP contribution in [0.3, 0.4) is 0 Å². The number of nitrogens with one attached hydrogen (secondary N) is 1. The quantitative estimate of drug-likeness (QED) is 0.609. The van der Waals surface area contributed by atoms with Crippen molar-refractivity contribution in [2.45, 2.75) is 32.9 Å². The Morgan fingerprint density at radius 3 is 2.58 bits per heavy atom. The van der Waals surface area contributed by atoms with Crippen molar-refractivity contribution >= 4 is 18.1 Å². The maximum absolute atomic E-state index is 11.5. The van der Waals surface area contributed by atoms with E-state index in [0.29, 0.717) is 5.56 Å². The second-order valence-corrected chi connectivity index (χ2v) is 5.96. The summed E-state index contributed by atoms with van der Waals surface area (Å²) in [4.78, 5) is 32.9. The number of benzene rings is 1. The van der Waals surface area contributed by atoms with Crippen LogP contribution in [0.4, 0.5) is 4.79 Å². The van der Waals surface area contributed by atoms with Gasteiger partial charge in [-0.05, 0) is 26.3 Å². The molecule has 2 N–H and O–H groups in total. The Balaban J connectivity index is 2.82. The smallest absolute Gasteiger partial charge is 0.407 e. The standard InChI is InChI=1S/C16H20N2O6/c1-16(2,3)24-15(21)17-9-5-8-11-6-4-7-12(10-18(22)23)13(11)14(19)20/h4-8H,9-10H2,1-3H3,(H,17,21)(H,19,20). The predicted molar refractivity (Wildman–Crippen MR) is 87.4 cm³/mol. The zero-order chi connectivity index (χ0) is 18.3. The highest BCUT2D eigenvalue weighted by molar-refractivity contribution is 5.93. The minimum atomic E-state index is -1.24. The van der Waals surface area contributed by atoms with Gasteiger partial charge in [0.05, 0.1) is 5.56 Å². The summed E-state index contributed by atoms with van der Waals surface area (Å²) in [7, 11) is 0. The lowest BCUT2D eigenvalue weighted by Crippen LogP contribution is -2.32. The molecular formula is C16H20N2O6. The zero-order valence-corrected chi connectivity index (χ0v) is 13.7. The minimum Gasteiger partial charge on any atom is -0.478 e. The normalized spacial score (nSPS) is 11.3. The number of carboxylic acid groups (broad SMARTS) is 1. The molecule has 0 fully saturated rings. The van der Waals surface area contributed by atoms with Crippen LogP contribution in [-0.2, 0) is 11.3 Å². The van der Waals surface area contributed by atoms with Gasteiger partial charge in [-0.1, -0.05) is 30.4 Å². The van der Waals surface area contributed by atoms with Gasteiger partial charge in [-0.2, -0.15) is 0 Å². The number of nitro groups is 1. The van der Waals surface area contributed by atoms with Crippen molar-refractivity contribution in [1.82, 2.24) is 5.32 Å². The first-order valence-electron chi connectivity index (χ1n) is 7.20. The molecule has 0 aliphatic carbocycles. The van der Waals surface area contributed by atoms with E-state index in [2.05, 4.69) is 5.32 Å². The highest BCUT2D eigenvalue weighted by atomic mass is 16.6. The average Bonchev–Trinajstić information content (AvgIpc) is 2.40. The highest BCUT2D eigenvalue weighted by Crippen LogP contribution is 2.17. The summed E-state index contributed by atoms with van der Waals surface area (Å²) in [5, 5.41) is 22.4. The molecule has 0 atom stereocenters. The van der Waals surface area contributed by atoms with E-state index in [1.165, 1.54) is 18.2 Å². The molecule has 130 valence electrons. The number of carboxylic acids is 1. The molecule has 24 heavy (non-hydrogen) atoms. The van der Waals surface area contributed by atoms with Crippen molar-refractivity contribution < 1.29 is 24.4 Å². The molecule has 0 heterocycles. The second-order valence-electron chi connectivity index (χ2n) is 5.96. The molecule has 0 spiro atoms. The van der Waals surface area contributed by atoms with Gasteiger partial charge in [0.15, 0.2) is 0 Å². The van der Waals surface area contributed by atoms with E-state index in [0.717, 1.165) is 0 Å². The van der Waals surface area contributed by atoms with Crippen LogP contribution in [0.1, 0.15) is 42.3 Å². The average molecular weight is 336 g/mol. The van der Waals surface area contributed by atoms with Gasteiger partial charge in [0.1, 0.15) is 5.60 Å². The lowest BCUT2D eigenvalue weighted by atomic mass is 10.0. The van der Waals surface area contributed by atoms with Crippen molar-refractivity contribution in [3.63, 3.8) is 0 Å². The van der Waals surface area contributed by atoms with Gasteiger partial charge in [0.2, 0.25) is 6.54 Å². The van der Waals surface area contributed by atoms with E-state index in [4.69, 9.17) is 4.74 Å². The number of aromatic carboxylic acids is 1. The minimum absolute atomic E-state index is 0.120. The third-order valence-electron chi connectivity index (χ3n) is 2.76. The topological polar surface area (TPSA) is 119 Å². The molecule has 0 bridgehead atoms. The van der Waals surface area contributed by atoms with Crippen LogP contribution in [0, 0.1) is 10.1 Å². The van der Waals surface area contributed by atoms with Gasteiger partial charge in [0, 0.05) is 17.0 Å². The molecule has 0 aromatic heterocycles. The molecule has 0 radical (unpaired) electrons. The van der Waals surface area contributed by atoms with Gasteiger partial charge in [0.25, 0.3) is 0 Å². The van der Waals surface area contributed by atoms with Gasteiger partial charge in [-0.15, -0.1) is 0 Å². The number of carbonyl (C=O) groups is 2. The van der Waals surface area contributed by atoms with E-state index in [1.807, 2.05) is 0 Å². The molecule has 0 unspecified atom stereocenters. The molecular weight excluding hydrogens is 316 g/mol. The lowest BCUT2D eigenvalue weighted by molar-refractivity contribution is -0.496. The van der Waals surface area contributed by atoms with Crippen LogP contribution < -0.4 is 5.32 Å². The Hall–Kier alpha value is -2.90. The summed E-state index contributed by atoms with van der Waals surface area (Å²) < 4.78 is 5.06. The first-order chi connectivity index (χ1) is 11.1. The van der Waals surface area contributed by atoms with Gasteiger partial charge >= 0.3 is 12.1 Å². The van der Waals surface area contributed by atoms with E-state index < -0.39 is 29.1 Å². The largest absolute Gasteiger partial charge is 0.478 e. The van der Waals surface area contributed by atoms with Crippen molar-refractivity contribution in [1.29, 1.82) is 0 Å². The van der Waals surface area contributed by atoms with Crippen LogP contribution in [0.2, 0.25) is 0 Å². The maximum atomic E-state index is 11.5. The van der Waals surface area contributed by atoms with Gasteiger partial charge in [-0.3, -0.25) is 10.1 Å². The van der Waals surface area contributed by atoms with Gasteiger partial charge in [-0.25, -0.2) is 9.59 Å². The fraction of sp³-hybridized carbons (Fsp3) is 0.375. The van der Waals surface area contributed by atoms with Crippen LogP contribution >= 0.6 is 0 Å². The molecule has 1 amide bonds. The van der Waals surface area contributed by atoms with Gasteiger partial charge < -0.3 is 15.2 Å². The number of amides is 1. The summed E-state index contributed by atoms with van der Waals surface area (Å²) >= 11 is 0. The number of hydrogen-bond acceptors (Lipinski definition) is 5. The molecule has 0 saturated carbocycles. The zero-order valence-electron chi connectivity index (χ0n) is 13.7. The monoisotopic (exact) mass is 336 g/mol. The molecule has 1 rings (SSSR count). The Morgan fingerprint density at radius 1 is 1.38 bits per heavy atom. The Bertz CT molecular complexity index is 661. The first-order valence-corrected chi connectivity index (χ1v) is 7.20. The van der Waals surface area contributed by atoms with Crippen LogP contribution in [0.5, 0.6) is 0 Å². The molecule has 8 heteroatoms. The number of carbonyl (C=O) groups excluding carboxylic acids is 1. The molecule has 0 aliphatic heterocycles. The second kappa shape index (κ2) is 8.09. The summed E-state index contributed by atoms with van der Waals surface area (Å²) in [6, 6.07) is 4.49. The van der Waals surface area contributed by atoms with Crippen molar-refractivity contribution in [3.05, 3.63) is 51.1 Å². The number of ether oxygens (including phenoxy) is 1. The summed E-state index contributed by atoms with van der Waals surface area (Å²) in [6.45, 7) is 4.78. The number of hydrogen-bond donors (Lipinski definition) is 2. The Kier molecular flexibility index (Phi) is 6.46. The molecule has 8 nitrogen and oxygen atoms in total. The predicted octanol–water partition coefficient (Wildman–Crippen LogP) is 2.70. The molecule has 1 aromatic rings. The number of alkyl carbamates (subject to hydrolysis) is 1. The summed E-state index contributed by atoms with van der Waals surface area (Å²) in [5.41, 5.74) is -0.286. The third kappa shape index (κ3) is 6.47. The van der Waals surface area contributed by atoms with Crippen LogP contribution in [-0.4, -0.2) is 34.2 Å². The van der Waals surface area contributed by atoms with E-state index >= 15 is 0 Å². The van der Waals surface area contributed by atoms with E-state index in [9.17, 15) is 24.8 Å². The van der Waals surface area contributed by atoms with Crippen LogP contribution in [0.15, 0.2) is 24.3 Å². The SMILES string of the molecule is CC(C)(C)OC(=O)NCC=Cc1cccc(C[N+](=O)[O-])c1C(=O)O. The highest BCUT2D eigenvalue weighted by Gasteiger charge is 2.17. The summed E-state index contributed by atoms with van der Waals surface area (Å²) in [5.74, 6) is -1.24. The molecule has 0 aliphatic rings. The fourth-order valence-corrected chi connectivity index (χ4v) is 1.93. The van der Waals surface area contributed by atoms with Crippen LogP contribution in [0.25, 0.3) is 6.08 Å². The summed E-state index contributed by atoms with van der Waals surface area (Å²) in [6.07, 6.45) is 2.44. The maximum Gasteiger partial charge on any atom is 0.407 e. The van der Waals surface area contributed by atoms with Crippen molar-refractivity contribution in [2.75, 3.05) is 6.54 Å². The molecule has 1 aromatic carbocycles. The van der Waals surface area contributed by atoms with E-state index in [1.54, 1.807) is 32.9 Å². The first kappa shape index (κ1) is 19.1. The lowest BCUT2D eigenvalue weighted by Gasteiger charge is -2.19. The van der Waals surface area contributed by atoms with Crippen molar-refractivity contribution in [2.24, 2.45) is 0 Å². The number of rotatable bonds is 6. The third-order valence-corrected chi connectivity index (χ3v) is 2.76. The Labute approximate surface area is 139 Å². The molecule has 0 saturated heterocycles. The Morgan fingerprint density at radius 2 is 2.04 bits per heavy atom. The number of nitrogens with zero attached hydrogens (tertiary/aromatic N) is 1. The fourth-order valence-electron chi connectivity index (χ4n) is 1.93.